The number of nitrogens with zero attached hydrogens (tertiary/aromatic N) is 1. The van der Waals surface area contributed by atoms with Crippen molar-refractivity contribution in [2.45, 2.75) is 18.6 Å². The third kappa shape index (κ3) is 1.51. The topological polar surface area (TPSA) is 21.7 Å². The minimum absolute atomic E-state index is 0.162. The van der Waals surface area contributed by atoms with Crippen molar-refractivity contribution >= 4 is 8.53 Å². The first kappa shape index (κ1) is 9.73. The molecule has 2 aliphatic rings. The molecule has 1 aliphatic carbocycles. The molecule has 3 rings (SSSR count). The Hall–Kier alpha value is -0.470. The van der Waals surface area contributed by atoms with Crippen LogP contribution in [0.3, 0.4) is 0 Å². The van der Waals surface area contributed by atoms with Crippen LogP contribution in [0.4, 0.5) is 0 Å². The zero-order chi connectivity index (χ0) is 10.4. The summed E-state index contributed by atoms with van der Waals surface area (Å²) < 4.78 is 13.9. The minimum Gasteiger partial charge on any atom is -0.315 e. The van der Waals surface area contributed by atoms with Gasteiger partial charge in [-0.1, -0.05) is 24.3 Å². The summed E-state index contributed by atoms with van der Waals surface area (Å²) in [6, 6.07) is 8.46. The van der Waals surface area contributed by atoms with Crippen molar-refractivity contribution in [1.82, 2.24) is 4.67 Å². The van der Waals surface area contributed by atoms with E-state index in [4.69, 9.17) is 9.05 Å². The molecule has 1 aromatic carbocycles. The monoisotopic (exact) mass is 223 g/mol. The molecule has 0 N–H and O–H groups in total. The maximum absolute atomic E-state index is 5.94. The van der Waals surface area contributed by atoms with Crippen LogP contribution in [-0.2, 0) is 15.5 Å². The maximum atomic E-state index is 5.94. The maximum Gasteiger partial charge on any atom is 0.259 e. The molecule has 0 radical (unpaired) electrons. The fraction of sp³-hybridized carbons (Fsp3) is 0.455. The number of hydrogen-bond acceptors (Lipinski definition) is 3. The largest absolute Gasteiger partial charge is 0.315 e. The molecule has 1 unspecified atom stereocenters. The van der Waals surface area contributed by atoms with Crippen molar-refractivity contribution in [3.05, 3.63) is 35.4 Å². The number of hydrogen-bond donors (Lipinski definition) is 0. The van der Waals surface area contributed by atoms with Gasteiger partial charge >= 0.3 is 0 Å². The Balaban J connectivity index is 1.88. The third-order valence-corrected chi connectivity index (χ3v) is 4.39. The summed E-state index contributed by atoms with van der Waals surface area (Å²) in [4.78, 5) is 0. The van der Waals surface area contributed by atoms with E-state index >= 15 is 0 Å². The fourth-order valence-electron chi connectivity index (χ4n) is 2.17. The molecule has 1 aliphatic heterocycles. The van der Waals surface area contributed by atoms with E-state index < -0.39 is 8.53 Å². The summed E-state index contributed by atoms with van der Waals surface area (Å²) in [6.45, 7) is 0. The molecule has 3 nitrogen and oxygen atoms in total. The van der Waals surface area contributed by atoms with E-state index in [0.29, 0.717) is 0 Å². The predicted octanol–water partition coefficient (Wildman–Crippen LogP) is 2.49. The van der Waals surface area contributed by atoms with E-state index in [-0.39, 0.29) is 12.2 Å². The lowest BCUT2D eigenvalue weighted by Crippen LogP contribution is -2.09. The van der Waals surface area contributed by atoms with Crippen LogP contribution in [0, 0.1) is 0 Å². The number of benzene rings is 1. The highest BCUT2D eigenvalue weighted by molar-refractivity contribution is 7.44. The molecule has 3 atom stereocenters. The second-order valence-electron chi connectivity index (χ2n) is 4.16. The molecule has 1 aromatic rings. The first-order chi connectivity index (χ1) is 7.25. The molecule has 1 saturated heterocycles. The normalized spacial score (nSPS) is 33.1. The van der Waals surface area contributed by atoms with Crippen LogP contribution in [-0.4, -0.2) is 24.9 Å². The van der Waals surface area contributed by atoms with E-state index in [2.05, 4.69) is 24.3 Å². The zero-order valence-electron chi connectivity index (χ0n) is 8.88. The van der Waals surface area contributed by atoms with Crippen molar-refractivity contribution in [2.75, 3.05) is 14.1 Å². The van der Waals surface area contributed by atoms with Crippen LogP contribution in [0.1, 0.15) is 17.2 Å². The van der Waals surface area contributed by atoms with Crippen LogP contribution in [0.2, 0.25) is 0 Å². The van der Waals surface area contributed by atoms with Gasteiger partial charge in [0.2, 0.25) is 0 Å². The molecule has 4 heteroatoms. The third-order valence-electron chi connectivity index (χ3n) is 2.88. The molecule has 0 bridgehead atoms. The average molecular weight is 223 g/mol. The molecule has 1 fully saturated rings. The number of fused-ring (bicyclic) bond motifs is 3. The minimum atomic E-state index is -0.828. The Morgan fingerprint density at radius 1 is 1.27 bits per heavy atom. The van der Waals surface area contributed by atoms with E-state index in [9.17, 15) is 0 Å². The second-order valence-corrected chi connectivity index (χ2v) is 5.86. The lowest BCUT2D eigenvalue weighted by molar-refractivity contribution is 0.176. The van der Waals surface area contributed by atoms with Crippen molar-refractivity contribution in [3.63, 3.8) is 0 Å². The van der Waals surface area contributed by atoms with Crippen molar-refractivity contribution in [2.24, 2.45) is 0 Å². The van der Waals surface area contributed by atoms with E-state index in [1.165, 1.54) is 11.1 Å². The van der Waals surface area contributed by atoms with Gasteiger partial charge in [-0.05, 0) is 25.2 Å². The van der Waals surface area contributed by atoms with Gasteiger partial charge in [-0.25, -0.2) is 4.67 Å². The van der Waals surface area contributed by atoms with Gasteiger partial charge in [0.1, 0.15) is 12.2 Å². The van der Waals surface area contributed by atoms with Gasteiger partial charge in [0.05, 0.1) is 0 Å². The van der Waals surface area contributed by atoms with Gasteiger partial charge < -0.3 is 9.05 Å². The smallest absolute Gasteiger partial charge is 0.259 e. The van der Waals surface area contributed by atoms with Crippen LogP contribution >= 0.6 is 8.53 Å². The van der Waals surface area contributed by atoms with Gasteiger partial charge in [0.25, 0.3) is 8.53 Å². The SMILES string of the molecule is CN(C)P1O[C@@H]2Cc3ccccc3[C@@H]2O1. The first-order valence-electron chi connectivity index (χ1n) is 5.14. The lowest BCUT2D eigenvalue weighted by atomic mass is 10.1. The molecule has 0 spiro atoms. The highest BCUT2D eigenvalue weighted by atomic mass is 31.2. The van der Waals surface area contributed by atoms with Crippen molar-refractivity contribution < 1.29 is 9.05 Å². The average Bonchev–Trinajstić information content (AvgIpc) is 2.73. The Morgan fingerprint density at radius 3 is 2.87 bits per heavy atom. The second kappa shape index (κ2) is 3.53. The molecule has 0 saturated carbocycles. The summed E-state index contributed by atoms with van der Waals surface area (Å²) in [6.07, 6.45) is 1.39. The highest BCUT2D eigenvalue weighted by Gasteiger charge is 2.44. The summed E-state index contributed by atoms with van der Waals surface area (Å²) in [5.74, 6) is 0. The van der Waals surface area contributed by atoms with Gasteiger partial charge in [0.15, 0.2) is 0 Å². The van der Waals surface area contributed by atoms with E-state index in [1.54, 1.807) is 0 Å². The summed E-state index contributed by atoms with van der Waals surface area (Å²) >= 11 is 0. The Labute approximate surface area is 91.0 Å². The standard InChI is InChI=1S/C11H14NO2P/c1-12(2)15-13-10-7-8-5-3-4-6-9(8)11(10)14-15/h3-6,10-11H,7H2,1-2H3/t10-,11+,15?/m1/s1. The highest BCUT2D eigenvalue weighted by Crippen LogP contribution is 2.58. The van der Waals surface area contributed by atoms with Crippen molar-refractivity contribution in [3.8, 4) is 0 Å². The van der Waals surface area contributed by atoms with Crippen LogP contribution in [0.15, 0.2) is 24.3 Å². The van der Waals surface area contributed by atoms with Gasteiger partial charge in [0, 0.05) is 6.42 Å². The van der Waals surface area contributed by atoms with Crippen molar-refractivity contribution in [1.29, 1.82) is 0 Å². The Bertz CT molecular complexity index is 383. The Kier molecular flexibility index (Phi) is 2.29. The molecule has 15 heavy (non-hydrogen) atoms. The predicted molar refractivity (Wildman–Crippen MR) is 59.5 cm³/mol. The van der Waals surface area contributed by atoms with Crippen LogP contribution in [0.5, 0.6) is 0 Å². The quantitative estimate of drug-likeness (QED) is 0.683. The summed E-state index contributed by atoms with van der Waals surface area (Å²) in [5, 5.41) is 0. The summed E-state index contributed by atoms with van der Waals surface area (Å²) in [7, 11) is 3.17. The lowest BCUT2D eigenvalue weighted by Gasteiger charge is -2.16. The van der Waals surface area contributed by atoms with E-state index in [1.807, 2.05) is 18.8 Å². The molecule has 0 amide bonds. The Morgan fingerprint density at radius 2 is 2.07 bits per heavy atom. The van der Waals surface area contributed by atoms with Gasteiger partial charge in [-0.3, -0.25) is 0 Å². The summed E-state index contributed by atoms with van der Waals surface area (Å²) in [5.41, 5.74) is 2.69. The number of rotatable bonds is 1. The van der Waals surface area contributed by atoms with E-state index in [0.717, 1.165) is 6.42 Å². The molecular formula is C11H14NO2P. The van der Waals surface area contributed by atoms with Crippen LogP contribution < -0.4 is 0 Å². The van der Waals surface area contributed by atoms with Gasteiger partial charge in [-0.15, -0.1) is 0 Å². The molecule has 1 heterocycles. The van der Waals surface area contributed by atoms with Gasteiger partial charge in [-0.2, -0.15) is 0 Å². The molecule has 0 aromatic heterocycles. The fourth-order valence-corrected chi connectivity index (χ4v) is 3.45. The molecule has 80 valence electrons. The molecular weight excluding hydrogens is 209 g/mol. The van der Waals surface area contributed by atoms with Crippen LogP contribution in [0.25, 0.3) is 0 Å². The zero-order valence-corrected chi connectivity index (χ0v) is 9.78. The first-order valence-corrected chi connectivity index (χ1v) is 6.27.